The third kappa shape index (κ3) is 3.20. The highest BCUT2D eigenvalue weighted by Gasteiger charge is 2.26. The zero-order valence-electron chi connectivity index (χ0n) is 9.18. The third-order valence-electron chi connectivity index (χ3n) is 2.43. The smallest absolute Gasteiger partial charge is 0.244 e. The summed E-state index contributed by atoms with van der Waals surface area (Å²) in [6.07, 6.45) is 0.566. The Morgan fingerprint density at radius 2 is 2.25 bits per heavy atom. The molecule has 1 unspecified atom stereocenters. The van der Waals surface area contributed by atoms with Crippen molar-refractivity contribution in [1.82, 2.24) is 0 Å². The van der Waals surface area contributed by atoms with Crippen LogP contribution in [0, 0.1) is 0 Å². The number of benzene rings is 1. The zero-order chi connectivity index (χ0) is 12.3. The fourth-order valence-electron chi connectivity index (χ4n) is 1.02. The summed E-state index contributed by atoms with van der Waals surface area (Å²) in [5.74, 6) is -0.224. The van der Waals surface area contributed by atoms with Gasteiger partial charge in [0, 0.05) is 9.50 Å². The second-order valence-electron chi connectivity index (χ2n) is 3.85. The van der Waals surface area contributed by atoms with E-state index >= 15 is 0 Å². The summed E-state index contributed by atoms with van der Waals surface area (Å²) in [5, 5.41) is 3.31. The number of nitrogens with one attached hydrogen (secondary N) is 1. The van der Waals surface area contributed by atoms with Gasteiger partial charge in [-0.1, -0.05) is 18.5 Å². The molecule has 3 N–H and O–H groups in total. The minimum absolute atomic E-state index is 0.224. The van der Waals surface area contributed by atoms with Crippen molar-refractivity contribution >= 4 is 39.1 Å². The first kappa shape index (κ1) is 13.5. The van der Waals surface area contributed by atoms with Crippen LogP contribution in [0.25, 0.3) is 0 Å². The van der Waals surface area contributed by atoms with Crippen molar-refractivity contribution in [1.29, 1.82) is 0 Å². The van der Waals surface area contributed by atoms with Gasteiger partial charge in [-0.25, -0.2) is 0 Å². The molecule has 0 fully saturated rings. The number of hydrogen-bond acceptors (Lipinski definition) is 2. The molecule has 0 spiro atoms. The molecule has 0 saturated carbocycles. The molecule has 88 valence electrons. The average molecular weight is 306 g/mol. The summed E-state index contributed by atoms with van der Waals surface area (Å²) in [6, 6.07) is 5.19. The van der Waals surface area contributed by atoms with E-state index in [1.807, 2.05) is 6.92 Å². The first-order valence-corrected chi connectivity index (χ1v) is 6.09. The van der Waals surface area contributed by atoms with Gasteiger partial charge in [0.15, 0.2) is 0 Å². The van der Waals surface area contributed by atoms with Gasteiger partial charge in [0.05, 0.1) is 11.2 Å². The Balaban J connectivity index is 2.89. The van der Waals surface area contributed by atoms with Crippen LogP contribution in [-0.2, 0) is 4.79 Å². The van der Waals surface area contributed by atoms with Gasteiger partial charge in [0.1, 0.15) is 0 Å². The van der Waals surface area contributed by atoms with Crippen molar-refractivity contribution in [3.8, 4) is 0 Å². The first-order chi connectivity index (χ1) is 7.36. The molecule has 5 heteroatoms. The standard InChI is InChI=1S/C11H14BrClN2O/c1-3-11(2,14)10(16)15-9-6-7(13)4-5-8(9)12/h4-6H,3,14H2,1-2H3,(H,15,16). The second kappa shape index (κ2) is 5.17. The normalized spacial score (nSPS) is 14.3. The van der Waals surface area contributed by atoms with Gasteiger partial charge in [-0.3, -0.25) is 4.79 Å². The van der Waals surface area contributed by atoms with E-state index in [1.165, 1.54) is 0 Å². The summed E-state index contributed by atoms with van der Waals surface area (Å²) in [4.78, 5) is 11.8. The summed E-state index contributed by atoms with van der Waals surface area (Å²) < 4.78 is 0.775. The van der Waals surface area contributed by atoms with Crippen LogP contribution in [0.3, 0.4) is 0 Å². The van der Waals surface area contributed by atoms with Crippen molar-refractivity contribution in [2.24, 2.45) is 5.73 Å². The molecule has 0 aliphatic rings. The SMILES string of the molecule is CCC(C)(N)C(=O)Nc1cc(Cl)ccc1Br. The fourth-order valence-corrected chi connectivity index (χ4v) is 1.54. The fraction of sp³-hybridized carbons (Fsp3) is 0.364. The first-order valence-electron chi connectivity index (χ1n) is 4.92. The maximum atomic E-state index is 11.8. The number of nitrogens with two attached hydrogens (primary N) is 1. The van der Waals surface area contributed by atoms with Crippen LogP contribution in [0.5, 0.6) is 0 Å². The predicted molar refractivity (Wildman–Crippen MR) is 70.7 cm³/mol. The topological polar surface area (TPSA) is 55.1 Å². The Morgan fingerprint density at radius 1 is 1.62 bits per heavy atom. The highest BCUT2D eigenvalue weighted by atomic mass is 79.9. The monoisotopic (exact) mass is 304 g/mol. The number of hydrogen-bond donors (Lipinski definition) is 2. The van der Waals surface area contributed by atoms with Crippen LogP contribution in [0.4, 0.5) is 5.69 Å². The molecular formula is C11H14BrClN2O. The Labute approximate surface area is 108 Å². The Kier molecular flexibility index (Phi) is 4.35. The third-order valence-corrected chi connectivity index (χ3v) is 3.36. The molecule has 0 aromatic heterocycles. The maximum absolute atomic E-state index is 11.8. The molecule has 1 aromatic rings. The van der Waals surface area contributed by atoms with Gasteiger partial charge in [-0.05, 0) is 47.5 Å². The highest BCUT2D eigenvalue weighted by Crippen LogP contribution is 2.26. The van der Waals surface area contributed by atoms with Crippen LogP contribution >= 0.6 is 27.5 Å². The number of amides is 1. The molecule has 0 saturated heterocycles. The summed E-state index contributed by atoms with van der Waals surface area (Å²) >= 11 is 9.18. The van der Waals surface area contributed by atoms with E-state index in [0.29, 0.717) is 17.1 Å². The molecule has 0 bridgehead atoms. The van der Waals surface area contributed by atoms with Crippen molar-refractivity contribution < 1.29 is 4.79 Å². The molecular weight excluding hydrogens is 291 g/mol. The van der Waals surface area contributed by atoms with Crippen molar-refractivity contribution in [2.75, 3.05) is 5.32 Å². The number of halogens is 2. The van der Waals surface area contributed by atoms with Gasteiger partial charge in [-0.15, -0.1) is 0 Å². The van der Waals surface area contributed by atoms with Gasteiger partial charge in [-0.2, -0.15) is 0 Å². The lowest BCUT2D eigenvalue weighted by molar-refractivity contribution is -0.120. The molecule has 0 radical (unpaired) electrons. The van der Waals surface area contributed by atoms with Crippen LogP contribution in [0.2, 0.25) is 5.02 Å². The summed E-state index contributed by atoms with van der Waals surface area (Å²) in [6.45, 7) is 3.56. The van der Waals surface area contributed by atoms with Crippen molar-refractivity contribution in [3.63, 3.8) is 0 Å². The molecule has 16 heavy (non-hydrogen) atoms. The van der Waals surface area contributed by atoms with E-state index < -0.39 is 5.54 Å². The highest BCUT2D eigenvalue weighted by molar-refractivity contribution is 9.10. The van der Waals surface area contributed by atoms with E-state index in [4.69, 9.17) is 17.3 Å². The van der Waals surface area contributed by atoms with Crippen LogP contribution in [0.1, 0.15) is 20.3 Å². The van der Waals surface area contributed by atoms with Gasteiger partial charge >= 0.3 is 0 Å². The number of anilines is 1. The van der Waals surface area contributed by atoms with Gasteiger partial charge in [0.25, 0.3) is 0 Å². The largest absolute Gasteiger partial charge is 0.323 e. The summed E-state index contributed by atoms with van der Waals surface area (Å²) in [7, 11) is 0. The lowest BCUT2D eigenvalue weighted by atomic mass is 9.99. The molecule has 3 nitrogen and oxygen atoms in total. The quantitative estimate of drug-likeness (QED) is 0.901. The summed E-state index contributed by atoms with van der Waals surface area (Å²) in [5.41, 5.74) is 5.59. The predicted octanol–water partition coefficient (Wildman–Crippen LogP) is 3.17. The van der Waals surface area contributed by atoms with E-state index in [2.05, 4.69) is 21.2 Å². The molecule has 1 rings (SSSR count). The Bertz CT molecular complexity index is 407. The molecule has 0 aliphatic heterocycles. The average Bonchev–Trinajstić information content (AvgIpc) is 2.23. The molecule has 1 atom stereocenters. The van der Waals surface area contributed by atoms with Crippen molar-refractivity contribution in [2.45, 2.75) is 25.8 Å². The minimum Gasteiger partial charge on any atom is -0.323 e. The van der Waals surface area contributed by atoms with E-state index in [1.54, 1.807) is 25.1 Å². The lowest BCUT2D eigenvalue weighted by Crippen LogP contribution is -2.47. The Morgan fingerprint density at radius 3 is 2.81 bits per heavy atom. The number of carbonyl (C=O) groups excluding carboxylic acids is 1. The number of carbonyl (C=O) groups is 1. The molecule has 0 aliphatic carbocycles. The number of rotatable bonds is 3. The minimum atomic E-state index is -0.873. The molecule has 1 aromatic carbocycles. The van der Waals surface area contributed by atoms with E-state index in [-0.39, 0.29) is 5.91 Å². The molecule has 1 amide bonds. The van der Waals surface area contributed by atoms with Crippen LogP contribution in [-0.4, -0.2) is 11.4 Å². The van der Waals surface area contributed by atoms with Gasteiger partial charge in [0.2, 0.25) is 5.91 Å². The van der Waals surface area contributed by atoms with Gasteiger partial charge < -0.3 is 11.1 Å². The Hall–Kier alpha value is -0.580. The maximum Gasteiger partial charge on any atom is 0.244 e. The van der Waals surface area contributed by atoms with E-state index in [0.717, 1.165) is 4.47 Å². The van der Waals surface area contributed by atoms with Crippen molar-refractivity contribution in [3.05, 3.63) is 27.7 Å². The zero-order valence-corrected chi connectivity index (χ0v) is 11.5. The van der Waals surface area contributed by atoms with E-state index in [9.17, 15) is 4.79 Å². The molecule has 0 heterocycles. The van der Waals surface area contributed by atoms with Crippen LogP contribution < -0.4 is 11.1 Å². The second-order valence-corrected chi connectivity index (χ2v) is 5.14. The lowest BCUT2D eigenvalue weighted by Gasteiger charge is -2.22. The van der Waals surface area contributed by atoms with Crippen LogP contribution in [0.15, 0.2) is 22.7 Å².